The van der Waals surface area contributed by atoms with Crippen molar-refractivity contribution >= 4 is 5.91 Å². The van der Waals surface area contributed by atoms with E-state index in [1.807, 2.05) is 37.4 Å². The lowest BCUT2D eigenvalue weighted by atomic mass is 9.96. The van der Waals surface area contributed by atoms with Gasteiger partial charge in [-0.15, -0.1) is 0 Å². The third kappa shape index (κ3) is 6.93. The zero-order valence-corrected chi connectivity index (χ0v) is 20.9. The Morgan fingerprint density at radius 3 is 2.57 bits per heavy atom. The second-order valence-electron chi connectivity index (χ2n) is 9.64. The Morgan fingerprint density at radius 2 is 1.97 bits per heavy atom. The number of aliphatic hydroxyl groups is 1. The fraction of sp³-hybridized carbons (Fsp3) is 0.393. The van der Waals surface area contributed by atoms with E-state index in [0.717, 1.165) is 29.1 Å². The second kappa shape index (κ2) is 11.7. The number of ether oxygens (including phenoxy) is 1. The number of nitriles is 1. The molecule has 0 saturated carbocycles. The Bertz CT molecular complexity index is 1170. The maximum Gasteiger partial charge on any atom is 0.251 e. The molecule has 3 rings (SSSR count). The number of hydrogen-bond donors (Lipinski definition) is 3. The van der Waals surface area contributed by atoms with E-state index in [0.29, 0.717) is 36.3 Å². The first-order valence-electron chi connectivity index (χ1n) is 12.0. The predicted molar refractivity (Wildman–Crippen MR) is 136 cm³/mol. The molecular weight excluding hydrogens is 440 g/mol. The highest BCUT2D eigenvalue weighted by Crippen LogP contribution is 2.24. The zero-order valence-electron chi connectivity index (χ0n) is 20.9. The molecule has 3 aromatic rings. The molecule has 35 heavy (non-hydrogen) atoms. The third-order valence-corrected chi connectivity index (χ3v) is 5.66. The summed E-state index contributed by atoms with van der Waals surface area (Å²) in [4.78, 5) is 20.8. The average molecular weight is 475 g/mol. The van der Waals surface area contributed by atoms with Crippen molar-refractivity contribution in [2.75, 3.05) is 13.2 Å². The van der Waals surface area contributed by atoms with Crippen LogP contribution in [0.15, 0.2) is 48.7 Å². The Labute approximate surface area is 207 Å². The zero-order chi connectivity index (χ0) is 25.4. The Kier molecular flexibility index (Phi) is 8.67. The van der Waals surface area contributed by atoms with Crippen molar-refractivity contribution in [2.45, 2.75) is 58.4 Å². The minimum Gasteiger partial charge on any atom is -0.492 e. The van der Waals surface area contributed by atoms with Gasteiger partial charge in [0.2, 0.25) is 0 Å². The normalized spacial score (nSPS) is 12.1. The van der Waals surface area contributed by atoms with Crippen LogP contribution in [0.4, 0.5) is 0 Å². The van der Waals surface area contributed by atoms with Gasteiger partial charge in [-0.2, -0.15) is 5.26 Å². The molecule has 1 atom stereocenters. The van der Waals surface area contributed by atoms with E-state index < -0.39 is 0 Å². The molecule has 0 aliphatic heterocycles. The molecule has 7 nitrogen and oxygen atoms in total. The molecule has 0 bridgehead atoms. The number of nitrogens with zero attached hydrogens (tertiary/aromatic N) is 2. The van der Waals surface area contributed by atoms with Crippen LogP contribution in [0.5, 0.6) is 5.75 Å². The lowest BCUT2D eigenvalue weighted by Crippen LogP contribution is -2.37. The van der Waals surface area contributed by atoms with E-state index in [1.165, 1.54) is 0 Å². The van der Waals surface area contributed by atoms with E-state index in [2.05, 4.69) is 37.1 Å². The van der Waals surface area contributed by atoms with Crippen molar-refractivity contribution in [2.24, 2.45) is 0 Å². The number of carbonyl (C=O) groups excluding carboxylic acids is 1. The van der Waals surface area contributed by atoms with Gasteiger partial charge >= 0.3 is 0 Å². The summed E-state index contributed by atoms with van der Waals surface area (Å²) in [5, 5.41) is 22.0. The van der Waals surface area contributed by atoms with Crippen LogP contribution < -0.4 is 10.1 Å². The lowest BCUT2D eigenvalue weighted by molar-refractivity contribution is 0.0930. The van der Waals surface area contributed by atoms with Gasteiger partial charge in [0.05, 0.1) is 17.9 Å². The largest absolute Gasteiger partial charge is 0.492 e. The number of aromatic amines is 1. The molecule has 3 N–H and O–H groups in total. The summed E-state index contributed by atoms with van der Waals surface area (Å²) in [6.07, 6.45) is 3.74. The minimum absolute atomic E-state index is 0.0425. The highest BCUT2D eigenvalue weighted by atomic mass is 16.5. The molecular formula is C28H34N4O3. The third-order valence-electron chi connectivity index (χ3n) is 5.66. The van der Waals surface area contributed by atoms with Gasteiger partial charge in [0, 0.05) is 35.4 Å². The van der Waals surface area contributed by atoms with E-state index >= 15 is 0 Å². The SMILES string of the molecule is CCCOc1ccc(C(=O)N[C@H](CCO)Cc2ccc(-c3c[nH]c(C(C)(C)C)n3)cc2)cc1C#N. The molecule has 0 spiro atoms. The average Bonchev–Trinajstić information content (AvgIpc) is 3.34. The molecule has 0 saturated heterocycles. The molecule has 0 unspecified atom stereocenters. The second-order valence-corrected chi connectivity index (χ2v) is 9.64. The van der Waals surface area contributed by atoms with E-state index in [9.17, 15) is 15.2 Å². The standard InChI is InChI=1S/C28H34N4O3/c1-5-14-35-25-11-10-21(16-22(25)17-29)26(34)31-23(12-13-33)15-19-6-8-20(9-7-19)24-18-30-27(32-24)28(2,3)4/h6-11,16,18,23,33H,5,12-15H2,1-4H3,(H,30,32)(H,31,34)/t23-/m1/s1. The van der Waals surface area contributed by atoms with Crippen molar-refractivity contribution in [1.82, 2.24) is 15.3 Å². The number of carbonyl (C=O) groups is 1. The minimum atomic E-state index is -0.287. The van der Waals surface area contributed by atoms with Gasteiger partial charge in [-0.3, -0.25) is 4.79 Å². The van der Waals surface area contributed by atoms with Gasteiger partial charge in [0.1, 0.15) is 17.6 Å². The van der Waals surface area contributed by atoms with Crippen LogP contribution >= 0.6 is 0 Å². The van der Waals surface area contributed by atoms with E-state index in [1.54, 1.807) is 18.2 Å². The van der Waals surface area contributed by atoms with Gasteiger partial charge < -0.3 is 20.1 Å². The topological polar surface area (TPSA) is 111 Å². The molecule has 0 aliphatic carbocycles. The number of rotatable bonds is 10. The summed E-state index contributed by atoms with van der Waals surface area (Å²) in [7, 11) is 0. The number of nitrogens with one attached hydrogen (secondary N) is 2. The van der Waals surface area contributed by atoms with Crippen LogP contribution in [0.1, 0.15) is 67.8 Å². The summed E-state index contributed by atoms with van der Waals surface area (Å²) in [6.45, 7) is 8.80. The number of aromatic nitrogens is 2. The Hall–Kier alpha value is -3.63. The molecule has 2 aromatic carbocycles. The molecule has 0 fully saturated rings. The van der Waals surface area contributed by atoms with Crippen LogP contribution in [-0.2, 0) is 11.8 Å². The number of aliphatic hydroxyl groups excluding tert-OH is 1. The lowest BCUT2D eigenvalue weighted by Gasteiger charge is -2.18. The number of H-pyrrole nitrogens is 1. The maximum atomic E-state index is 12.9. The van der Waals surface area contributed by atoms with Gasteiger partial charge in [-0.05, 0) is 43.0 Å². The van der Waals surface area contributed by atoms with Crippen molar-refractivity contribution in [3.05, 3.63) is 71.2 Å². The van der Waals surface area contributed by atoms with Gasteiger partial charge in [0.15, 0.2) is 0 Å². The molecule has 1 aromatic heterocycles. The molecule has 1 heterocycles. The molecule has 0 aliphatic rings. The molecule has 7 heteroatoms. The highest BCUT2D eigenvalue weighted by Gasteiger charge is 2.19. The van der Waals surface area contributed by atoms with Crippen molar-refractivity contribution < 1.29 is 14.6 Å². The molecule has 1 amide bonds. The first kappa shape index (κ1) is 26.0. The number of amides is 1. The smallest absolute Gasteiger partial charge is 0.251 e. The monoisotopic (exact) mass is 474 g/mol. The van der Waals surface area contributed by atoms with E-state index in [4.69, 9.17) is 9.72 Å². The predicted octanol–water partition coefficient (Wildman–Crippen LogP) is 4.76. The fourth-order valence-corrected chi connectivity index (χ4v) is 3.70. The van der Waals surface area contributed by atoms with Crippen molar-refractivity contribution in [1.29, 1.82) is 5.26 Å². The highest BCUT2D eigenvalue weighted by molar-refractivity contribution is 5.95. The fourth-order valence-electron chi connectivity index (χ4n) is 3.70. The van der Waals surface area contributed by atoms with Crippen LogP contribution in [0.2, 0.25) is 0 Å². The Morgan fingerprint density at radius 1 is 1.23 bits per heavy atom. The first-order valence-corrected chi connectivity index (χ1v) is 12.0. The van der Waals surface area contributed by atoms with Crippen molar-refractivity contribution in [3.63, 3.8) is 0 Å². The summed E-state index contributed by atoms with van der Waals surface area (Å²) >= 11 is 0. The van der Waals surface area contributed by atoms with E-state index in [-0.39, 0.29) is 24.0 Å². The van der Waals surface area contributed by atoms with Gasteiger partial charge in [-0.25, -0.2) is 4.98 Å². The van der Waals surface area contributed by atoms with Crippen LogP contribution in [0, 0.1) is 11.3 Å². The molecule has 184 valence electrons. The number of hydrogen-bond acceptors (Lipinski definition) is 5. The van der Waals surface area contributed by atoms with Gasteiger partial charge in [0.25, 0.3) is 5.91 Å². The maximum absolute atomic E-state index is 12.9. The quantitative estimate of drug-likeness (QED) is 0.392. The summed E-state index contributed by atoms with van der Waals surface area (Å²) in [5.74, 6) is 1.13. The summed E-state index contributed by atoms with van der Waals surface area (Å²) in [6, 6.07) is 14.8. The Balaban J connectivity index is 1.68. The molecule has 0 radical (unpaired) electrons. The van der Waals surface area contributed by atoms with Crippen LogP contribution in [-0.4, -0.2) is 40.2 Å². The van der Waals surface area contributed by atoms with Crippen molar-refractivity contribution in [3.8, 4) is 23.1 Å². The van der Waals surface area contributed by atoms with Crippen LogP contribution in [0.25, 0.3) is 11.3 Å². The first-order chi connectivity index (χ1) is 16.7. The number of benzene rings is 2. The number of imidazole rings is 1. The van der Waals surface area contributed by atoms with Crippen LogP contribution in [0.3, 0.4) is 0 Å². The summed E-state index contributed by atoms with van der Waals surface area (Å²) in [5.41, 5.74) is 3.61. The van der Waals surface area contributed by atoms with Gasteiger partial charge in [-0.1, -0.05) is 52.0 Å². The summed E-state index contributed by atoms with van der Waals surface area (Å²) < 4.78 is 5.58.